The number of carbonyl (C=O) groups is 4. The molecule has 0 unspecified atom stereocenters. The molecule has 1 atom stereocenters. The molecule has 0 bridgehead atoms. The number of carbonyl (C=O) groups excluding carboxylic acids is 4. The average molecular weight is 796 g/mol. The summed E-state index contributed by atoms with van der Waals surface area (Å²) in [4.78, 5) is 54.4. The van der Waals surface area contributed by atoms with Crippen LogP contribution in [0.15, 0.2) is 48.5 Å². The van der Waals surface area contributed by atoms with Crippen molar-refractivity contribution in [1.29, 1.82) is 0 Å². The maximum Gasteiger partial charge on any atom is 0.424 e. The Balaban J connectivity index is 2.03. The molecule has 9 nitrogen and oxygen atoms in total. The van der Waals surface area contributed by atoms with Crippen molar-refractivity contribution in [1.82, 2.24) is 0 Å². The second-order valence-corrected chi connectivity index (χ2v) is 16.1. The lowest BCUT2D eigenvalue weighted by Gasteiger charge is -2.29. The van der Waals surface area contributed by atoms with Gasteiger partial charge in [-0.3, -0.25) is 9.59 Å². The molecule has 0 saturated carbocycles. The van der Waals surface area contributed by atoms with E-state index in [1.807, 2.05) is 0 Å². The zero-order chi connectivity index (χ0) is 38.1. The van der Waals surface area contributed by atoms with Gasteiger partial charge in [-0.25, -0.2) is 18.4 Å². The Hall–Kier alpha value is -3.35. The molecule has 270 valence electrons. The Bertz CT molecular complexity index is 1790. The van der Waals surface area contributed by atoms with Crippen molar-refractivity contribution in [2.45, 2.75) is 69.9 Å². The van der Waals surface area contributed by atoms with Crippen LogP contribution in [0.2, 0.25) is 15.1 Å². The predicted molar refractivity (Wildman–Crippen MR) is 193 cm³/mol. The fourth-order valence-electron chi connectivity index (χ4n) is 4.50. The van der Waals surface area contributed by atoms with Crippen LogP contribution in [0.1, 0.15) is 70.3 Å². The predicted octanol–water partition coefficient (Wildman–Crippen LogP) is 10.8. The molecule has 0 aliphatic heterocycles. The van der Waals surface area contributed by atoms with Gasteiger partial charge in [0.25, 0.3) is 5.91 Å². The van der Waals surface area contributed by atoms with Crippen molar-refractivity contribution in [3.05, 3.63) is 86.4 Å². The number of halogens is 7. The molecule has 0 heterocycles. The molecule has 0 aliphatic rings. The van der Waals surface area contributed by atoms with Gasteiger partial charge in [-0.2, -0.15) is 4.90 Å². The number of hydrogen-bond acceptors (Lipinski definition) is 6. The third-order valence-corrected chi connectivity index (χ3v) is 8.10. The third kappa shape index (κ3) is 10.1. The molecule has 4 amide bonds. The fraction of sp³-hybridized carbons (Fsp3) is 0.353. The Kier molecular flexibility index (Phi) is 12.7. The third-order valence-electron chi connectivity index (χ3n) is 6.60. The largest absolute Gasteiger partial charge is 0.443 e. The fourth-order valence-corrected chi connectivity index (χ4v) is 5.46. The van der Waals surface area contributed by atoms with Crippen molar-refractivity contribution in [3.8, 4) is 0 Å². The summed E-state index contributed by atoms with van der Waals surface area (Å²) in [5, 5.41) is 2.96. The van der Waals surface area contributed by atoms with Crippen molar-refractivity contribution in [2.75, 3.05) is 22.2 Å². The first-order valence-electron chi connectivity index (χ1n) is 14.8. The molecule has 16 heteroatoms. The number of hydrogen-bond donors (Lipinski definition) is 1. The highest BCUT2D eigenvalue weighted by Crippen LogP contribution is 2.41. The van der Waals surface area contributed by atoms with Crippen LogP contribution >= 0.6 is 58.0 Å². The number of rotatable bonds is 7. The average Bonchev–Trinajstić information content (AvgIpc) is 2.94. The van der Waals surface area contributed by atoms with E-state index in [9.17, 15) is 19.2 Å². The lowest BCUT2D eigenvalue weighted by atomic mass is 9.94. The molecule has 3 aromatic rings. The summed E-state index contributed by atoms with van der Waals surface area (Å²) < 4.78 is 40.4. The standard InChI is InChI=1S/C34H34Cl5F2N3O6/c1-32(2,3)49-30(47)44(31(48)50-33(4,5)6)27-23(40)13-14-24(26(27)41)43(8)29(46)19-16-18(10-12-20(19)35)42-28(45)25(34(7,38)39)17-9-11-21(36)22(37)15-17/h9-16,25H,1-8H3,(H,42,45)/t25-/m0/s1. The first kappa shape index (κ1) is 41.1. The molecule has 1 N–H and O–H groups in total. The molecule has 0 fully saturated rings. The van der Waals surface area contributed by atoms with E-state index < -0.39 is 68.5 Å². The van der Waals surface area contributed by atoms with E-state index in [2.05, 4.69) is 5.32 Å². The number of nitrogens with zero attached hydrogens (tertiary/aromatic N) is 2. The van der Waals surface area contributed by atoms with E-state index in [0.717, 1.165) is 24.1 Å². The van der Waals surface area contributed by atoms with Gasteiger partial charge in [0.2, 0.25) is 5.91 Å². The second kappa shape index (κ2) is 15.5. The Labute approximate surface area is 313 Å². The Morgan fingerprint density at radius 1 is 0.760 bits per heavy atom. The quantitative estimate of drug-likeness (QED) is 0.239. The molecule has 0 aliphatic carbocycles. The van der Waals surface area contributed by atoms with Gasteiger partial charge in [-0.15, -0.1) is 23.2 Å². The maximum atomic E-state index is 16.2. The van der Waals surface area contributed by atoms with Crippen molar-refractivity contribution >= 4 is 99.1 Å². The lowest BCUT2D eigenvalue weighted by Crippen LogP contribution is -2.44. The maximum absolute atomic E-state index is 16.2. The van der Waals surface area contributed by atoms with Crippen LogP contribution in [-0.2, 0) is 14.3 Å². The van der Waals surface area contributed by atoms with Gasteiger partial charge < -0.3 is 19.7 Å². The Morgan fingerprint density at radius 3 is 1.80 bits per heavy atom. The molecular formula is C34H34Cl5F2N3O6. The number of ether oxygens (including phenoxy) is 2. The number of nitrogens with one attached hydrogen (secondary N) is 1. The highest BCUT2D eigenvalue weighted by Gasteiger charge is 2.39. The molecule has 3 aromatic carbocycles. The van der Waals surface area contributed by atoms with Crippen molar-refractivity contribution < 1.29 is 37.4 Å². The van der Waals surface area contributed by atoms with Crippen LogP contribution in [0.25, 0.3) is 0 Å². The van der Waals surface area contributed by atoms with E-state index >= 15 is 8.78 Å². The number of amides is 4. The van der Waals surface area contributed by atoms with Gasteiger partial charge in [0, 0.05) is 12.7 Å². The molecule has 0 aromatic heterocycles. The molecule has 0 spiro atoms. The van der Waals surface area contributed by atoms with Gasteiger partial charge in [-0.1, -0.05) is 40.9 Å². The van der Waals surface area contributed by atoms with Gasteiger partial charge in [0.1, 0.15) is 21.2 Å². The van der Waals surface area contributed by atoms with Crippen molar-refractivity contribution in [2.24, 2.45) is 0 Å². The van der Waals surface area contributed by atoms with Crippen LogP contribution in [-0.4, -0.2) is 46.6 Å². The van der Waals surface area contributed by atoms with E-state index in [1.54, 1.807) is 0 Å². The topological polar surface area (TPSA) is 105 Å². The summed E-state index contributed by atoms with van der Waals surface area (Å²) >= 11 is 31.3. The smallest absolute Gasteiger partial charge is 0.424 e. The minimum absolute atomic E-state index is 0.0813. The molecular weight excluding hydrogens is 762 g/mol. The van der Waals surface area contributed by atoms with Gasteiger partial charge >= 0.3 is 12.2 Å². The zero-order valence-electron chi connectivity index (χ0n) is 28.2. The zero-order valence-corrected chi connectivity index (χ0v) is 32.0. The summed E-state index contributed by atoms with van der Waals surface area (Å²) in [5.74, 6) is -5.55. The molecule has 0 radical (unpaired) electrons. The van der Waals surface area contributed by atoms with Gasteiger partial charge in [0.15, 0.2) is 11.6 Å². The van der Waals surface area contributed by atoms with E-state index in [4.69, 9.17) is 67.5 Å². The highest BCUT2D eigenvalue weighted by molar-refractivity contribution is 6.50. The highest BCUT2D eigenvalue weighted by atomic mass is 35.5. The first-order chi connectivity index (χ1) is 22.8. The monoisotopic (exact) mass is 793 g/mol. The number of imide groups is 1. The minimum Gasteiger partial charge on any atom is -0.443 e. The number of anilines is 3. The van der Waals surface area contributed by atoms with Crippen LogP contribution in [0.3, 0.4) is 0 Å². The van der Waals surface area contributed by atoms with Gasteiger partial charge in [0.05, 0.1) is 32.2 Å². The van der Waals surface area contributed by atoms with E-state index in [0.29, 0.717) is 5.56 Å². The van der Waals surface area contributed by atoms with E-state index in [1.165, 1.54) is 84.9 Å². The molecule has 3 rings (SSSR count). The second-order valence-electron chi connectivity index (χ2n) is 13.1. The van der Waals surface area contributed by atoms with Crippen LogP contribution in [0, 0.1) is 11.6 Å². The van der Waals surface area contributed by atoms with Crippen molar-refractivity contribution in [3.63, 3.8) is 0 Å². The summed E-state index contributed by atoms with van der Waals surface area (Å²) in [6.45, 7) is 10.4. The van der Waals surface area contributed by atoms with Crippen LogP contribution < -0.4 is 15.1 Å². The van der Waals surface area contributed by atoms with Gasteiger partial charge in [-0.05, 0) is 96.5 Å². The van der Waals surface area contributed by atoms with Crippen LogP contribution in [0.5, 0.6) is 0 Å². The summed E-state index contributed by atoms with van der Waals surface area (Å²) in [6, 6.07) is 10.1. The molecule has 0 saturated heterocycles. The van der Waals surface area contributed by atoms with Crippen LogP contribution in [0.4, 0.5) is 35.4 Å². The lowest BCUT2D eigenvalue weighted by molar-refractivity contribution is -0.117. The summed E-state index contributed by atoms with van der Waals surface area (Å²) in [5.41, 5.74) is -3.80. The summed E-state index contributed by atoms with van der Waals surface area (Å²) in [6.07, 6.45) is -2.85. The molecule has 50 heavy (non-hydrogen) atoms. The number of benzene rings is 3. The minimum atomic E-state index is -1.63. The SMILES string of the molecule is CN(C(=O)c1cc(NC(=O)[C@H](c2ccc(Cl)c(Cl)c2)C(C)(Cl)Cl)ccc1Cl)c1ccc(F)c(N(C(=O)OC(C)(C)C)C(=O)OC(C)(C)C)c1F. The normalized spacial score (nSPS) is 12.5. The first-order valence-corrected chi connectivity index (χ1v) is 16.7. The number of alkyl halides is 2. The Morgan fingerprint density at radius 2 is 1.30 bits per heavy atom. The van der Waals surface area contributed by atoms with E-state index in [-0.39, 0.29) is 31.2 Å². The summed E-state index contributed by atoms with van der Waals surface area (Å²) in [7, 11) is 1.15.